The van der Waals surface area contributed by atoms with Gasteiger partial charge in [0.1, 0.15) is 0 Å². The fourth-order valence-electron chi connectivity index (χ4n) is 2.12. The maximum atomic E-state index is 10.4. The second-order valence-electron chi connectivity index (χ2n) is 5.91. The Hall–Kier alpha value is -1.57. The Balaban J connectivity index is 3.61. The second kappa shape index (κ2) is 16.8. The lowest BCUT2D eigenvalue weighted by Gasteiger charge is -1.97. The van der Waals surface area contributed by atoms with Gasteiger partial charge in [-0.25, -0.2) is 0 Å². The summed E-state index contributed by atoms with van der Waals surface area (Å²) in [6.45, 7) is 4.38. The summed E-state index contributed by atoms with van der Waals surface area (Å²) in [4.78, 5) is 10.4. The molecule has 1 N–H and O–H groups in total. The van der Waals surface area contributed by atoms with E-state index in [1.807, 2.05) is 0 Å². The number of carboxylic acids is 1. The smallest absolute Gasteiger partial charge is 0.303 e. The molecule has 0 saturated carbocycles. The zero-order chi connectivity index (χ0) is 17.2. The first-order chi connectivity index (χ1) is 11.2. The summed E-state index contributed by atoms with van der Waals surface area (Å²) < 4.78 is 0. The first-order valence-electron chi connectivity index (χ1n) is 9.02. The van der Waals surface area contributed by atoms with Gasteiger partial charge in [-0.05, 0) is 44.4 Å². The molecule has 0 aliphatic heterocycles. The molecule has 0 aliphatic rings. The number of carbonyl (C=O) groups is 1. The first kappa shape index (κ1) is 21.4. The monoisotopic (exact) mass is 318 g/mol. The molecule has 2 heteroatoms. The van der Waals surface area contributed by atoms with E-state index in [4.69, 9.17) is 5.11 Å². The Morgan fingerprint density at radius 2 is 1.48 bits per heavy atom. The van der Waals surface area contributed by atoms with Gasteiger partial charge in [0.15, 0.2) is 0 Å². The summed E-state index contributed by atoms with van der Waals surface area (Å²) in [5.41, 5.74) is 0. The van der Waals surface area contributed by atoms with E-state index in [2.05, 4.69) is 62.5 Å². The van der Waals surface area contributed by atoms with Crippen LogP contribution in [0.15, 0.2) is 48.6 Å². The Morgan fingerprint density at radius 3 is 2.17 bits per heavy atom. The van der Waals surface area contributed by atoms with Crippen LogP contribution < -0.4 is 0 Å². The van der Waals surface area contributed by atoms with Crippen molar-refractivity contribution in [1.82, 2.24) is 0 Å². The quantitative estimate of drug-likeness (QED) is 0.294. The maximum absolute atomic E-state index is 10.4. The number of hydrogen-bond acceptors (Lipinski definition) is 1. The number of aliphatic carboxylic acids is 1. The summed E-state index contributed by atoms with van der Waals surface area (Å²) in [5, 5.41) is 8.55. The number of hydrogen-bond donors (Lipinski definition) is 1. The van der Waals surface area contributed by atoms with Crippen molar-refractivity contribution < 1.29 is 9.90 Å². The van der Waals surface area contributed by atoms with Crippen LogP contribution in [0.3, 0.4) is 0 Å². The lowest BCUT2D eigenvalue weighted by Crippen LogP contribution is -1.92. The molecule has 0 aliphatic carbocycles. The van der Waals surface area contributed by atoms with Crippen molar-refractivity contribution in [1.29, 1.82) is 0 Å². The standard InChI is InChI=1S/C21H34O2/c1-3-4-5-6-7-8-9-10-11-12-14-17-20(2)18-15-13-16-19-21(22)23/h7-8,10-11,14-15,17-18,20H,3-6,9,12-13,16,19H2,1-2H3,(H,22,23)/b8-7+,11-10+,17-14+,18-15+. The number of carboxylic acid groups (broad SMARTS) is 1. The molecule has 0 aromatic carbocycles. The van der Waals surface area contributed by atoms with Gasteiger partial charge in [-0.3, -0.25) is 4.79 Å². The summed E-state index contributed by atoms with van der Waals surface area (Å²) >= 11 is 0. The Labute approximate surface area is 142 Å². The molecule has 0 amide bonds. The molecule has 0 heterocycles. The molecule has 0 bridgehead atoms. The average Bonchev–Trinajstić information content (AvgIpc) is 2.52. The van der Waals surface area contributed by atoms with E-state index in [1.165, 1.54) is 25.7 Å². The predicted octanol–water partition coefficient (Wildman–Crippen LogP) is 6.46. The van der Waals surface area contributed by atoms with Crippen molar-refractivity contribution in [3.8, 4) is 0 Å². The van der Waals surface area contributed by atoms with Crippen molar-refractivity contribution in [2.75, 3.05) is 0 Å². The van der Waals surface area contributed by atoms with Gasteiger partial charge >= 0.3 is 5.97 Å². The third kappa shape index (κ3) is 18.4. The van der Waals surface area contributed by atoms with Gasteiger partial charge in [0.05, 0.1) is 0 Å². The van der Waals surface area contributed by atoms with Gasteiger partial charge in [0, 0.05) is 6.42 Å². The van der Waals surface area contributed by atoms with Crippen LogP contribution in [0.5, 0.6) is 0 Å². The van der Waals surface area contributed by atoms with Gasteiger partial charge in [-0.2, -0.15) is 0 Å². The first-order valence-corrected chi connectivity index (χ1v) is 9.02. The van der Waals surface area contributed by atoms with E-state index in [0.29, 0.717) is 5.92 Å². The van der Waals surface area contributed by atoms with Crippen molar-refractivity contribution in [3.63, 3.8) is 0 Å². The molecule has 0 radical (unpaired) electrons. The van der Waals surface area contributed by atoms with Crippen LogP contribution in [0.2, 0.25) is 0 Å². The highest BCUT2D eigenvalue weighted by molar-refractivity contribution is 5.66. The SMILES string of the molecule is CCCCC/C=C/C/C=C/C/C=C/C(C)/C=C/CCCC(=O)O. The summed E-state index contributed by atoms with van der Waals surface area (Å²) in [6.07, 6.45) is 26.5. The molecule has 0 fully saturated rings. The molecular weight excluding hydrogens is 284 g/mol. The highest BCUT2D eigenvalue weighted by atomic mass is 16.4. The van der Waals surface area contributed by atoms with Crippen molar-refractivity contribution >= 4 is 5.97 Å². The molecule has 2 nitrogen and oxygen atoms in total. The van der Waals surface area contributed by atoms with Crippen LogP contribution in [0.25, 0.3) is 0 Å². The van der Waals surface area contributed by atoms with Gasteiger partial charge in [0.2, 0.25) is 0 Å². The van der Waals surface area contributed by atoms with Crippen molar-refractivity contribution in [2.45, 2.75) is 71.6 Å². The topological polar surface area (TPSA) is 37.3 Å². The molecule has 0 spiro atoms. The third-order valence-electron chi connectivity index (χ3n) is 3.49. The van der Waals surface area contributed by atoms with Crippen molar-refractivity contribution in [2.24, 2.45) is 5.92 Å². The minimum absolute atomic E-state index is 0.256. The molecule has 1 atom stereocenters. The van der Waals surface area contributed by atoms with Crippen LogP contribution in [-0.4, -0.2) is 11.1 Å². The zero-order valence-corrected chi connectivity index (χ0v) is 14.9. The minimum atomic E-state index is -0.714. The minimum Gasteiger partial charge on any atom is -0.481 e. The van der Waals surface area contributed by atoms with Crippen LogP contribution in [0, 0.1) is 5.92 Å². The molecule has 0 aromatic heterocycles. The molecule has 0 saturated heterocycles. The van der Waals surface area contributed by atoms with Crippen LogP contribution in [0.1, 0.15) is 71.6 Å². The van der Waals surface area contributed by atoms with Crippen LogP contribution in [-0.2, 0) is 4.79 Å². The number of unbranched alkanes of at least 4 members (excludes halogenated alkanes) is 4. The fraction of sp³-hybridized carbons (Fsp3) is 0.571. The van der Waals surface area contributed by atoms with E-state index in [-0.39, 0.29) is 6.42 Å². The highest BCUT2D eigenvalue weighted by Crippen LogP contribution is 2.04. The van der Waals surface area contributed by atoms with E-state index >= 15 is 0 Å². The molecule has 23 heavy (non-hydrogen) atoms. The van der Waals surface area contributed by atoms with E-state index in [0.717, 1.165) is 25.7 Å². The highest BCUT2D eigenvalue weighted by Gasteiger charge is 1.94. The second-order valence-corrected chi connectivity index (χ2v) is 5.91. The van der Waals surface area contributed by atoms with Gasteiger partial charge in [0.25, 0.3) is 0 Å². The molecule has 0 rings (SSSR count). The fourth-order valence-corrected chi connectivity index (χ4v) is 2.12. The third-order valence-corrected chi connectivity index (χ3v) is 3.49. The summed E-state index contributed by atoms with van der Waals surface area (Å²) in [6, 6.07) is 0. The Morgan fingerprint density at radius 1 is 0.870 bits per heavy atom. The number of rotatable bonds is 14. The Bertz CT molecular complexity index is 389. The lowest BCUT2D eigenvalue weighted by molar-refractivity contribution is -0.137. The predicted molar refractivity (Wildman–Crippen MR) is 101 cm³/mol. The van der Waals surface area contributed by atoms with Gasteiger partial charge in [-0.1, -0.05) is 75.3 Å². The maximum Gasteiger partial charge on any atom is 0.303 e. The average molecular weight is 319 g/mol. The van der Waals surface area contributed by atoms with E-state index in [9.17, 15) is 4.79 Å². The summed E-state index contributed by atoms with van der Waals surface area (Å²) in [5.74, 6) is -0.305. The van der Waals surface area contributed by atoms with E-state index < -0.39 is 5.97 Å². The van der Waals surface area contributed by atoms with Gasteiger partial charge < -0.3 is 5.11 Å². The molecule has 0 aromatic rings. The van der Waals surface area contributed by atoms with E-state index in [1.54, 1.807) is 0 Å². The zero-order valence-electron chi connectivity index (χ0n) is 14.9. The molecule has 1 unspecified atom stereocenters. The largest absolute Gasteiger partial charge is 0.481 e. The summed E-state index contributed by atoms with van der Waals surface area (Å²) in [7, 11) is 0. The molecular formula is C21H34O2. The Kier molecular flexibility index (Phi) is 15.6. The number of allylic oxidation sites excluding steroid dienone is 8. The lowest BCUT2D eigenvalue weighted by atomic mass is 10.1. The van der Waals surface area contributed by atoms with Crippen molar-refractivity contribution in [3.05, 3.63) is 48.6 Å². The normalized spacial score (nSPS) is 13.8. The van der Waals surface area contributed by atoms with Gasteiger partial charge in [-0.15, -0.1) is 0 Å². The van der Waals surface area contributed by atoms with Crippen LogP contribution in [0.4, 0.5) is 0 Å². The van der Waals surface area contributed by atoms with Crippen LogP contribution >= 0.6 is 0 Å². The molecule has 130 valence electrons.